The molecule has 0 unspecified atom stereocenters. The largest absolute Gasteiger partial charge is 0.508 e. The third-order valence-corrected chi connectivity index (χ3v) is 11.5. The average Bonchev–Trinajstić information content (AvgIpc) is 3.73. The number of amides is 1. The van der Waals surface area contributed by atoms with E-state index in [4.69, 9.17) is 16.1 Å². The van der Waals surface area contributed by atoms with Crippen LogP contribution >= 0.6 is 0 Å². The molecule has 4 aromatic rings. The van der Waals surface area contributed by atoms with E-state index in [0.29, 0.717) is 37.1 Å². The Morgan fingerprint density at radius 2 is 1.96 bits per heavy atom. The number of phenols is 1. The van der Waals surface area contributed by atoms with Gasteiger partial charge >= 0.3 is 6.01 Å². The highest BCUT2D eigenvalue weighted by Crippen LogP contribution is 2.41. The van der Waals surface area contributed by atoms with Crippen LogP contribution in [0.4, 0.5) is 19.0 Å². The summed E-state index contributed by atoms with van der Waals surface area (Å²) in [6, 6.07) is 5.09. The van der Waals surface area contributed by atoms with Gasteiger partial charge in [-0.25, -0.2) is 13.2 Å². The second-order valence-corrected chi connectivity index (χ2v) is 15.6. The molecule has 7 rings (SSSR count). The normalized spacial score (nSPS) is 26.0. The lowest BCUT2D eigenvalue weighted by Crippen LogP contribution is -2.53. The van der Waals surface area contributed by atoms with E-state index in [2.05, 4.69) is 27.4 Å². The molecule has 2 aromatic carbocycles. The van der Waals surface area contributed by atoms with Gasteiger partial charge in [-0.3, -0.25) is 14.7 Å². The van der Waals surface area contributed by atoms with Crippen molar-refractivity contribution in [3.63, 3.8) is 0 Å². The van der Waals surface area contributed by atoms with E-state index in [1.165, 1.54) is 36.5 Å². The lowest BCUT2D eigenvalue weighted by Gasteiger charge is -2.44. The third kappa shape index (κ3) is 6.93. The molecule has 2 aromatic heterocycles. The Labute approximate surface area is 312 Å². The molecular formula is C41H45F3N6O4. The van der Waals surface area contributed by atoms with E-state index in [9.17, 15) is 19.4 Å². The van der Waals surface area contributed by atoms with Crippen molar-refractivity contribution in [1.82, 2.24) is 24.8 Å². The first-order valence-corrected chi connectivity index (χ1v) is 18.4. The zero-order valence-electron chi connectivity index (χ0n) is 30.8. The van der Waals surface area contributed by atoms with Gasteiger partial charge < -0.3 is 24.7 Å². The molecule has 2 saturated heterocycles. The number of aliphatic hydroxyl groups is 1. The number of phenolic OH excluding ortho intramolecular Hbond substituents is 1. The molecule has 3 fully saturated rings. The summed E-state index contributed by atoms with van der Waals surface area (Å²) in [5, 5.41) is 22.0. The van der Waals surface area contributed by atoms with Gasteiger partial charge in [-0.05, 0) is 82.0 Å². The molecule has 0 spiro atoms. The second-order valence-electron chi connectivity index (χ2n) is 15.6. The van der Waals surface area contributed by atoms with Gasteiger partial charge in [0.05, 0.1) is 22.1 Å². The van der Waals surface area contributed by atoms with Crippen LogP contribution < -0.4 is 9.64 Å². The number of terminal acetylenes is 1. The molecule has 1 aliphatic carbocycles. The zero-order chi connectivity index (χ0) is 38.5. The highest BCUT2D eigenvalue weighted by Gasteiger charge is 2.47. The van der Waals surface area contributed by atoms with E-state index < -0.39 is 28.9 Å². The summed E-state index contributed by atoms with van der Waals surface area (Å²) in [5.74, 6) is 0.726. The number of ether oxygens (including phenoxy) is 1. The first-order valence-electron chi connectivity index (χ1n) is 18.4. The minimum Gasteiger partial charge on any atom is -0.508 e. The van der Waals surface area contributed by atoms with E-state index in [0.717, 1.165) is 25.7 Å². The Balaban J connectivity index is 1.30. The molecule has 13 heteroatoms. The Kier molecular flexibility index (Phi) is 9.95. The molecule has 4 heterocycles. The number of likely N-dealkylation sites (N-methyl/N-ethyl adjacent to an activating group) is 1. The van der Waals surface area contributed by atoms with Crippen LogP contribution in [0, 0.1) is 24.0 Å². The summed E-state index contributed by atoms with van der Waals surface area (Å²) in [4.78, 5) is 32.1. The minimum atomic E-state index is -1.08. The van der Waals surface area contributed by atoms with Crippen LogP contribution in [-0.2, 0) is 4.79 Å². The fraction of sp³-hybridized carbons (Fsp3) is 0.463. The molecule has 10 nitrogen and oxygen atoms in total. The van der Waals surface area contributed by atoms with Gasteiger partial charge in [0, 0.05) is 62.3 Å². The number of fused-ring (bicyclic) bond motifs is 2. The fourth-order valence-electron chi connectivity index (χ4n) is 8.73. The quantitative estimate of drug-likeness (QED) is 0.151. The maximum atomic E-state index is 17.0. The van der Waals surface area contributed by atoms with Crippen molar-refractivity contribution >= 4 is 33.4 Å². The summed E-state index contributed by atoms with van der Waals surface area (Å²) in [7, 11) is 1.78. The number of aromatic nitrogens is 3. The third-order valence-electron chi connectivity index (χ3n) is 11.5. The molecular weight excluding hydrogens is 697 g/mol. The van der Waals surface area contributed by atoms with Crippen molar-refractivity contribution in [3.8, 4) is 35.4 Å². The van der Waals surface area contributed by atoms with Crippen molar-refractivity contribution in [2.75, 3.05) is 38.2 Å². The number of hydrogen-bond donors (Lipinski definition) is 2. The minimum absolute atomic E-state index is 0.0147. The predicted molar refractivity (Wildman–Crippen MR) is 201 cm³/mol. The Morgan fingerprint density at radius 1 is 1.20 bits per heavy atom. The highest BCUT2D eigenvalue weighted by atomic mass is 19.1. The van der Waals surface area contributed by atoms with Crippen molar-refractivity contribution in [3.05, 3.63) is 60.3 Å². The zero-order valence-corrected chi connectivity index (χ0v) is 30.8. The van der Waals surface area contributed by atoms with Crippen LogP contribution in [0.25, 0.3) is 32.9 Å². The smallest absolute Gasteiger partial charge is 0.319 e. The number of hydrogen-bond acceptors (Lipinski definition) is 9. The molecule has 1 saturated carbocycles. The Morgan fingerprint density at radius 3 is 2.69 bits per heavy atom. The average molecular weight is 743 g/mol. The molecule has 284 valence electrons. The summed E-state index contributed by atoms with van der Waals surface area (Å²) in [6.45, 7) is 8.61. The number of rotatable bonds is 9. The molecule has 3 aliphatic rings. The maximum absolute atomic E-state index is 17.0. The number of nitrogens with zero attached hydrogens (tertiary/aromatic N) is 6. The van der Waals surface area contributed by atoms with Crippen LogP contribution in [0.3, 0.4) is 0 Å². The number of pyridine rings is 1. The van der Waals surface area contributed by atoms with Gasteiger partial charge in [-0.15, -0.1) is 6.42 Å². The summed E-state index contributed by atoms with van der Waals surface area (Å²) >= 11 is 0. The van der Waals surface area contributed by atoms with Gasteiger partial charge in [0.25, 0.3) is 0 Å². The molecule has 0 bridgehead atoms. The molecule has 1 amide bonds. The number of anilines is 1. The molecule has 3 atom stereocenters. The van der Waals surface area contributed by atoms with Crippen molar-refractivity contribution in [2.24, 2.45) is 0 Å². The standard InChI is InChI=1S/C41H45F3N6O4/c1-6-29-32(43)11-10-24-17-28(51)18-30(34(24)29)36-35(44)37-31(20-45-36)38(48(5)22-27-9-8-16-49(27)33(52)7-2)47-39(46-37)54-23-40(3)19-25(42)21-50(40)26-12-14-41(4,53)15-13-26/h1,7,10-11,17-18,20,25-27,51,53H,2,8-9,12-16,19,21-23H2,3-5H3/t25-,26?,27+,40+,41?/m1/s1. The Hall–Kier alpha value is -4.93. The lowest BCUT2D eigenvalue weighted by atomic mass is 9.82. The van der Waals surface area contributed by atoms with Gasteiger partial charge in [0.2, 0.25) is 5.91 Å². The second kappa shape index (κ2) is 14.4. The number of carbonyl (C=O) groups is 1. The number of carbonyl (C=O) groups excluding carboxylic acids is 1. The van der Waals surface area contributed by atoms with Crippen molar-refractivity contribution in [1.29, 1.82) is 0 Å². The number of aromatic hydroxyl groups is 1. The number of likely N-dealkylation sites (tertiary alicyclic amines) is 2. The van der Waals surface area contributed by atoms with Gasteiger partial charge in [-0.2, -0.15) is 9.97 Å². The van der Waals surface area contributed by atoms with Crippen LogP contribution in [0.15, 0.2) is 43.1 Å². The molecule has 2 aliphatic heterocycles. The van der Waals surface area contributed by atoms with Crippen molar-refractivity contribution in [2.45, 2.75) is 88.2 Å². The lowest BCUT2D eigenvalue weighted by molar-refractivity contribution is -0.126. The summed E-state index contributed by atoms with van der Waals surface area (Å²) in [6.07, 6.45) is 11.8. The number of benzene rings is 2. The van der Waals surface area contributed by atoms with Gasteiger partial charge in [0.1, 0.15) is 41.4 Å². The van der Waals surface area contributed by atoms with Gasteiger partial charge in [-0.1, -0.05) is 18.6 Å². The first kappa shape index (κ1) is 37.4. The first-order chi connectivity index (χ1) is 25.7. The van der Waals surface area contributed by atoms with E-state index in [1.54, 1.807) is 11.9 Å². The number of halogens is 3. The van der Waals surface area contributed by atoms with Crippen molar-refractivity contribution < 1.29 is 32.9 Å². The maximum Gasteiger partial charge on any atom is 0.319 e. The van der Waals surface area contributed by atoms with Crippen LogP contribution in [0.1, 0.15) is 64.4 Å². The van der Waals surface area contributed by atoms with E-state index in [1.807, 2.05) is 18.7 Å². The topological polar surface area (TPSA) is 115 Å². The SMILES string of the molecule is C#Cc1c(F)ccc2cc(O)cc(-c3ncc4c(N(C)C[C@@H]5CCCN5C(=O)C=C)nc(OC[C@]5(C)C[C@@H](F)CN5C5CCC(C)(O)CC5)nc4c3F)c12. The molecule has 2 N–H and O–H groups in total. The monoisotopic (exact) mass is 742 g/mol. The fourth-order valence-corrected chi connectivity index (χ4v) is 8.73. The summed E-state index contributed by atoms with van der Waals surface area (Å²) in [5.41, 5.74) is -1.86. The van der Waals surface area contributed by atoms with Crippen LogP contribution in [-0.4, -0.2) is 104 Å². The predicted octanol–water partition coefficient (Wildman–Crippen LogP) is 6.30. The summed E-state index contributed by atoms with van der Waals surface area (Å²) < 4.78 is 53.4. The van der Waals surface area contributed by atoms with Crippen LogP contribution in [0.5, 0.6) is 11.8 Å². The van der Waals surface area contributed by atoms with Gasteiger partial charge in [0.15, 0.2) is 5.82 Å². The van der Waals surface area contributed by atoms with Crippen LogP contribution in [0.2, 0.25) is 0 Å². The van der Waals surface area contributed by atoms with E-state index >= 15 is 8.78 Å². The number of alkyl halides is 1. The highest BCUT2D eigenvalue weighted by molar-refractivity contribution is 6.03. The molecule has 54 heavy (non-hydrogen) atoms. The molecule has 0 radical (unpaired) electrons. The van der Waals surface area contributed by atoms with E-state index in [-0.39, 0.29) is 82.4 Å². The Bertz CT molecular complexity index is 2160.